The Morgan fingerprint density at radius 3 is 2.70 bits per heavy atom. The Kier molecular flexibility index (Phi) is 4.17. The summed E-state index contributed by atoms with van der Waals surface area (Å²) < 4.78 is 10.2. The molecule has 1 aliphatic rings. The van der Waals surface area contributed by atoms with Gasteiger partial charge in [-0.1, -0.05) is 31.5 Å². The second-order valence-electron chi connectivity index (χ2n) is 4.73. The van der Waals surface area contributed by atoms with Crippen molar-refractivity contribution in [3.8, 4) is 0 Å². The first-order valence-electron chi connectivity index (χ1n) is 6.62. The Bertz CT molecular complexity index is 538. The number of benzene rings is 1. The van der Waals surface area contributed by atoms with E-state index in [1.54, 1.807) is 24.3 Å². The number of ether oxygens (including phenoxy) is 2. The van der Waals surface area contributed by atoms with Crippen molar-refractivity contribution in [2.75, 3.05) is 6.61 Å². The van der Waals surface area contributed by atoms with E-state index in [1.165, 1.54) is 6.92 Å². The number of hydrogen-bond donors (Lipinski definition) is 0. The Hall–Kier alpha value is -2.17. The average Bonchev–Trinajstić information content (AvgIpc) is 2.77. The van der Waals surface area contributed by atoms with Crippen LogP contribution in [0, 0.1) is 0 Å². The van der Waals surface area contributed by atoms with E-state index in [9.17, 15) is 9.59 Å². The summed E-state index contributed by atoms with van der Waals surface area (Å²) in [6.45, 7) is 3.69. The van der Waals surface area contributed by atoms with Crippen LogP contribution in [0.15, 0.2) is 35.3 Å². The molecule has 5 nitrogen and oxygen atoms in total. The molecule has 0 bridgehead atoms. The SMILES string of the molecule is CCCCOC(=O)[C@@]1(C)N=C(c2ccccc2)OC1=O. The maximum absolute atomic E-state index is 12.0. The predicted octanol–water partition coefficient (Wildman–Crippen LogP) is 2.09. The number of carbonyl (C=O) groups excluding carboxylic acids is 2. The zero-order chi connectivity index (χ0) is 14.6. The lowest BCUT2D eigenvalue weighted by atomic mass is 10.1. The smallest absolute Gasteiger partial charge is 0.352 e. The molecule has 0 radical (unpaired) electrons. The van der Waals surface area contributed by atoms with Crippen LogP contribution in [0.25, 0.3) is 0 Å². The Morgan fingerprint density at radius 1 is 1.35 bits per heavy atom. The predicted molar refractivity (Wildman–Crippen MR) is 73.3 cm³/mol. The molecule has 1 atom stereocenters. The molecule has 0 saturated carbocycles. The number of carbonyl (C=O) groups is 2. The summed E-state index contributed by atoms with van der Waals surface area (Å²) in [4.78, 5) is 28.0. The van der Waals surface area contributed by atoms with Crippen LogP contribution in [0.4, 0.5) is 0 Å². The van der Waals surface area contributed by atoms with Gasteiger partial charge in [0.15, 0.2) is 0 Å². The number of aliphatic imine (C=N–C) groups is 1. The molecule has 1 heterocycles. The third kappa shape index (κ3) is 2.71. The van der Waals surface area contributed by atoms with Crippen LogP contribution in [0.3, 0.4) is 0 Å². The average molecular weight is 275 g/mol. The molecule has 5 heteroatoms. The fourth-order valence-electron chi connectivity index (χ4n) is 1.74. The topological polar surface area (TPSA) is 65.0 Å². The van der Waals surface area contributed by atoms with Gasteiger partial charge in [0.2, 0.25) is 5.90 Å². The van der Waals surface area contributed by atoms with Crippen molar-refractivity contribution in [1.82, 2.24) is 0 Å². The second kappa shape index (κ2) is 5.86. The molecular weight excluding hydrogens is 258 g/mol. The van der Waals surface area contributed by atoms with E-state index < -0.39 is 17.5 Å². The van der Waals surface area contributed by atoms with E-state index in [0.717, 1.165) is 12.8 Å². The molecule has 0 fully saturated rings. The molecular formula is C15H17NO4. The van der Waals surface area contributed by atoms with Crippen molar-refractivity contribution in [3.05, 3.63) is 35.9 Å². The van der Waals surface area contributed by atoms with Crippen LogP contribution in [-0.2, 0) is 19.1 Å². The third-order valence-corrected chi connectivity index (χ3v) is 3.06. The highest BCUT2D eigenvalue weighted by molar-refractivity contribution is 6.16. The van der Waals surface area contributed by atoms with Gasteiger partial charge in [0.1, 0.15) is 0 Å². The normalized spacial score (nSPS) is 21.3. The van der Waals surface area contributed by atoms with Crippen LogP contribution < -0.4 is 0 Å². The molecule has 1 aromatic rings. The van der Waals surface area contributed by atoms with Gasteiger partial charge < -0.3 is 9.47 Å². The second-order valence-corrected chi connectivity index (χ2v) is 4.73. The molecule has 0 unspecified atom stereocenters. The van der Waals surface area contributed by atoms with Crippen LogP contribution in [0.5, 0.6) is 0 Å². The summed E-state index contributed by atoms with van der Waals surface area (Å²) >= 11 is 0. The Balaban J connectivity index is 2.17. The van der Waals surface area contributed by atoms with E-state index in [2.05, 4.69) is 4.99 Å². The Morgan fingerprint density at radius 2 is 2.05 bits per heavy atom. The molecule has 0 spiro atoms. The van der Waals surface area contributed by atoms with E-state index in [0.29, 0.717) is 5.56 Å². The molecule has 0 amide bonds. The number of nitrogens with zero attached hydrogens (tertiary/aromatic N) is 1. The number of esters is 2. The highest BCUT2D eigenvalue weighted by Gasteiger charge is 2.50. The highest BCUT2D eigenvalue weighted by atomic mass is 16.6. The van der Waals surface area contributed by atoms with Gasteiger partial charge in [-0.25, -0.2) is 14.6 Å². The summed E-state index contributed by atoms with van der Waals surface area (Å²) in [6, 6.07) is 8.99. The maximum atomic E-state index is 12.0. The van der Waals surface area contributed by atoms with E-state index >= 15 is 0 Å². The van der Waals surface area contributed by atoms with Crippen molar-refractivity contribution in [2.24, 2.45) is 4.99 Å². The zero-order valence-corrected chi connectivity index (χ0v) is 11.6. The first kappa shape index (κ1) is 14.2. The number of rotatable bonds is 5. The number of cyclic esters (lactones) is 1. The minimum atomic E-state index is -1.60. The summed E-state index contributed by atoms with van der Waals surface area (Å²) in [5.74, 6) is -1.20. The molecule has 20 heavy (non-hydrogen) atoms. The van der Waals surface area contributed by atoms with Gasteiger partial charge in [-0.2, -0.15) is 0 Å². The van der Waals surface area contributed by atoms with Gasteiger partial charge in [0, 0.05) is 5.56 Å². The molecule has 2 rings (SSSR count). The van der Waals surface area contributed by atoms with Crippen LogP contribution >= 0.6 is 0 Å². The molecule has 0 aliphatic carbocycles. The Labute approximate surface area is 117 Å². The van der Waals surface area contributed by atoms with Crippen molar-refractivity contribution < 1.29 is 19.1 Å². The summed E-state index contributed by atoms with van der Waals surface area (Å²) in [6.07, 6.45) is 1.67. The first-order valence-corrected chi connectivity index (χ1v) is 6.62. The first-order chi connectivity index (χ1) is 9.58. The lowest BCUT2D eigenvalue weighted by molar-refractivity contribution is -0.157. The van der Waals surface area contributed by atoms with E-state index in [1.807, 2.05) is 13.0 Å². The lowest BCUT2D eigenvalue weighted by Crippen LogP contribution is -2.41. The standard InChI is InChI=1S/C15H17NO4/c1-3-4-10-19-13(17)15(2)14(18)20-12(16-15)11-8-6-5-7-9-11/h5-9H,3-4,10H2,1-2H3/t15-/m1/s1. The summed E-state index contributed by atoms with van der Waals surface area (Å²) in [7, 11) is 0. The molecule has 106 valence electrons. The zero-order valence-electron chi connectivity index (χ0n) is 11.6. The van der Waals surface area contributed by atoms with Crippen molar-refractivity contribution in [1.29, 1.82) is 0 Å². The van der Waals surface area contributed by atoms with Gasteiger partial charge in [-0.05, 0) is 25.5 Å². The molecule has 1 aliphatic heterocycles. The van der Waals surface area contributed by atoms with Gasteiger partial charge in [-0.15, -0.1) is 0 Å². The van der Waals surface area contributed by atoms with Gasteiger partial charge in [0.05, 0.1) is 6.61 Å². The molecule has 0 N–H and O–H groups in total. The largest absolute Gasteiger partial charge is 0.463 e. The van der Waals surface area contributed by atoms with Gasteiger partial charge in [0.25, 0.3) is 5.54 Å². The fraction of sp³-hybridized carbons (Fsp3) is 0.400. The highest BCUT2D eigenvalue weighted by Crippen LogP contribution is 2.24. The van der Waals surface area contributed by atoms with Gasteiger partial charge >= 0.3 is 11.9 Å². The third-order valence-electron chi connectivity index (χ3n) is 3.06. The van der Waals surface area contributed by atoms with Gasteiger partial charge in [-0.3, -0.25) is 0 Å². The van der Waals surface area contributed by atoms with Crippen LogP contribution in [-0.4, -0.2) is 30.0 Å². The van der Waals surface area contributed by atoms with Crippen LogP contribution in [0.2, 0.25) is 0 Å². The molecule has 0 saturated heterocycles. The van der Waals surface area contributed by atoms with E-state index in [4.69, 9.17) is 9.47 Å². The van der Waals surface area contributed by atoms with Crippen LogP contribution in [0.1, 0.15) is 32.3 Å². The fourth-order valence-corrected chi connectivity index (χ4v) is 1.74. The van der Waals surface area contributed by atoms with E-state index in [-0.39, 0.29) is 12.5 Å². The minimum absolute atomic E-state index is 0.158. The van der Waals surface area contributed by atoms with Crippen molar-refractivity contribution in [2.45, 2.75) is 32.2 Å². The monoisotopic (exact) mass is 275 g/mol. The molecule has 0 aromatic heterocycles. The maximum Gasteiger partial charge on any atom is 0.352 e. The summed E-state index contributed by atoms with van der Waals surface area (Å²) in [5.41, 5.74) is -0.940. The van der Waals surface area contributed by atoms with Crippen molar-refractivity contribution >= 4 is 17.8 Å². The minimum Gasteiger partial charge on any atom is -0.463 e. The lowest BCUT2D eigenvalue weighted by Gasteiger charge is -2.14. The van der Waals surface area contributed by atoms with Crippen molar-refractivity contribution in [3.63, 3.8) is 0 Å². The number of unbranched alkanes of at least 4 members (excludes halogenated alkanes) is 1. The molecule has 1 aromatic carbocycles. The quantitative estimate of drug-likeness (QED) is 0.469. The number of hydrogen-bond acceptors (Lipinski definition) is 5. The summed E-state index contributed by atoms with van der Waals surface area (Å²) in [5, 5.41) is 0.